The van der Waals surface area contributed by atoms with E-state index in [2.05, 4.69) is 12.2 Å². The monoisotopic (exact) mass is 267 g/mol. The third-order valence-electron chi connectivity index (χ3n) is 5.22. The van der Waals surface area contributed by atoms with Gasteiger partial charge >= 0.3 is 5.97 Å². The Bertz CT molecular complexity index is 278. The Hall–Kier alpha value is -0.570. The fourth-order valence-corrected chi connectivity index (χ4v) is 4.06. The standard InChI is InChI=1S/C16H29NO2/c1-12-7-9-14(10-8-12)16(17-11-15(18)19)13-5-3-2-4-6-13/h12-14,16-17H,2-11H2,1H3,(H,18,19). The number of hydrogen-bond donors (Lipinski definition) is 2. The molecular formula is C16H29NO2. The van der Waals surface area contributed by atoms with E-state index >= 15 is 0 Å². The van der Waals surface area contributed by atoms with Crippen LogP contribution in [0.2, 0.25) is 0 Å². The lowest BCUT2D eigenvalue weighted by atomic mass is 9.72. The topological polar surface area (TPSA) is 49.3 Å². The zero-order chi connectivity index (χ0) is 13.7. The maximum absolute atomic E-state index is 10.9. The smallest absolute Gasteiger partial charge is 0.317 e. The molecule has 0 bridgehead atoms. The van der Waals surface area contributed by atoms with Crippen LogP contribution in [0, 0.1) is 17.8 Å². The average Bonchev–Trinajstić information content (AvgIpc) is 2.42. The second-order valence-electron chi connectivity index (χ2n) is 6.72. The van der Waals surface area contributed by atoms with Crippen molar-refractivity contribution in [2.45, 2.75) is 70.8 Å². The summed E-state index contributed by atoms with van der Waals surface area (Å²) in [6.07, 6.45) is 11.8. The molecule has 2 saturated carbocycles. The molecule has 0 saturated heterocycles. The van der Waals surface area contributed by atoms with Crippen LogP contribution in [-0.2, 0) is 4.79 Å². The van der Waals surface area contributed by atoms with Crippen LogP contribution < -0.4 is 5.32 Å². The summed E-state index contributed by atoms with van der Waals surface area (Å²) in [7, 11) is 0. The van der Waals surface area contributed by atoms with Gasteiger partial charge in [-0.05, 0) is 43.4 Å². The largest absolute Gasteiger partial charge is 0.480 e. The second kappa shape index (κ2) is 7.28. The van der Waals surface area contributed by atoms with E-state index < -0.39 is 5.97 Å². The summed E-state index contributed by atoms with van der Waals surface area (Å²) in [6, 6.07) is 0.448. The van der Waals surface area contributed by atoms with Crippen LogP contribution in [0.4, 0.5) is 0 Å². The third kappa shape index (κ3) is 4.48. The molecule has 3 heteroatoms. The van der Waals surface area contributed by atoms with Gasteiger partial charge in [0, 0.05) is 6.04 Å². The predicted molar refractivity (Wildman–Crippen MR) is 77.1 cm³/mol. The zero-order valence-electron chi connectivity index (χ0n) is 12.2. The van der Waals surface area contributed by atoms with Crippen molar-refractivity contribution in [2.75, 3.05) is 6.54 Å². The van der Waals surface area contributed by atoms with Crippen molar-refractivity contribution >= 4 is 5.97 Å². The Labute approximate surface area is 117 Å². The van der Waals surface area contributed by atoms with Crippen molar-refractivity contribution in [3.05, 3.63) is 0 Å². The van der Waals surface area contributed by atoms with Gasteiger partial charge in [-0.25, -0.2) is 0 Å². The molecule has 0 aliphatic heterocycles. The number of carboxylic acids is 1. The van der Waals surface area contributed by atoms with Gasteiger partial charge in [-0.2, -0.15) is 0 Å². The van der Waals surface area contributed by atoms with E-state index in [-0.39, 0.29) is 6.54 Å². The molecule has 0 aromatic carbocycles. The van der Waals surface area contributed by atoms with Gasteiger partial charge in [-0.15, -0.1) is 0 Å². The highest BCUT2D eigenvalue weighted by Gasteiger charge is 2.32. The molecule has 0 spiro atoms. The molecule has 0 heterocycles. The number of rotatable bonds is 5. The lowest BCUT2D eigenvalue weighted by molar-refractivity contribution is -0.136. The van der Waals surface area contributed by atoms with Crippen LogP contribution in [0.1, 0.15) is 64.7 Å². The normalized spacial score (nSPS) is 31.0. The van der Waals surface area contributed by atoms with Crippen LogP contribution in [0.5, 0.6) is 0 Å². The summed E-state index contributed by atoms with van der Waals surface area (Å²) in [6.45, 7) is 2.48. The third-order valence-corrected chi connectivity index (χ3v) is 5.22. The molecule has 2 N–H and O–H groups in total. The molecule has 0 amide bonds. The quantitative estimate of drug-likeness (QED) is 0.802. The van der Waals surface area contributed by atoms with Crippen molar-refractivity contribution < 1.29 is 9.90 Å². The molecule has 110 valence electrons. The lowest BCUT2D eigenvalue weighted by Crippen LogP contribution is -2.46. The first-order valence-corrected chi connectivity index (χ1v) is 8.12. The maximum atomic E-state index is 10.9. The SMILES string of the molecule is CC1CCC(C(NCC(=O)O)C2CCCCC2)CC1. The van der Waals surface area contributed by atoms with Crippen LogP contribution in [-0.4, -0.2) is 23.7 Å². The summed E-state index contributed by atoms with van der Waals surface area (Å²) >= 11 is 0. The van der Waals surface area contributed by atoms with E-state index in [1.165, 1.54) is 57.8 Å². The highest BCUT2D eigenvalue weighted by Crippen LogP contribution is 2.37. The molecule has 2 rings (SSSR count). The Morgan fingerprint density at radius 2 is 1.63 bits per heavy atom. The number of nitrogens with one attached hydrogen (secondary N) is 1. The minimum Gasteiger partial charge on any atom is -0.480 e. The van der Waals surface area contributed by atoms with Crippen molar-refractivity contribution in [1.82, 2.24) is 5.32 Å². The van der Waals surface area contributed by atoms with Crippen LogP contribution in [0.25, 0.3) is 0 Å². The molecule has 2 fully saturated rings. The molecule has 1 unspecified atom stereocenters. The van der Waals surface area contributed by atoms with Crippen molar-refractivity contribution in [2.24, 2.45) is 17.8 Å². The van der Waals surface area contributed by atoms with E-state index in [9.17, 15) is 4.79 Å². The first-order chi connectivity index (χ1) is 9.16. The molecular weight excluding hydrogens is 238 g/mol. The highest BCUT2D eigenvalue weighted by molar-refractivity contribution is 5.69. The van der Waals surface area contributed by atoms with Crippen molar-refractivity contribution in [1.29, 1.82) is 0 Å². The summed E-state index contributed by atoms with van der Waals surface area (Å²) in [5, 5.41) is 12.3. The van der Waals surface area contributed by atoms with E-state index in [1.807, 2.05) is 0 Å². The van der Waals surface area contributed by atoms with Gasteiger partial charge in [0.15, 0.2) is 0 Å². The van der Waals surface area contributed by atoms with Gasteiger partial charge < -0.3 is 10.4 Å². The average molecular weight is 267 g/mol. The summed E-state index contributed by atoms with van der Waals surface area (Å²) < 4.78 is 0. The summed E-state index contributed by atoms with van der Waals surface area (Å²) in [5.41, 5.74) is 0. The van der Waals surface area contributed by atoms with E-state index in [0.717, 1.165) is 5.92 Å². The summed E-state index contributed by atoms with van der Waals surface area (Å²) in [5.74, 6) is 1.57. The zero-order valence-corrected chi connectivity index (χ0v) is 12.2. The molecule has 0 radical (unpaired) electrons. The van der Waals surface area contributed by atoms with Crippen LogP contribution >= 0.6 is 0 Å². The number of carboxylic acid groups (broad SMARTS) is 1. The molecule has 0 aromatic heterocycles. The fourth-order valence-electron chi connectivity index (χ4n) is 4.06. The first-order valence-electron chi connectivity index (χ1n) is 8.12. The van der Waals surface area contributed by atoms with E-state index in [1.54, 1.807) is 0 Å². The Kier molecular flexibility index (Phi) is 5.68. The maximum Gasteiger partial charge on any atom is 0.317 e. The number of hydrogen-bond acceptors (Lipinski definition) is 2. The highest BCUT2D eigenvalue weighted by atomic mass is 16.4. The van der Waals surface area contributed by atoms with Gasteiger partial charge in [-0.1, -0.05) is 39.0 Å². The minimum atomic E-state index is -0.718. The van der Waals surface area contributed by atoms with Crippen LogP contribution in [0.3, 0.4) is 0 Å². The number of carbonyl (C=O) groups is 1. The van der Waals surface area contributed by atoms with Gasteiger partial charge in [-0.3, -0.25) is 4.79 Å². The first kappa shape index (κ1) is 14.8. The lowest BCUT2D eigenvalue weighted by Gasteiger charge is -2.39. The van der Waals surface area contributed by atoms with Crippen molar-refractivity contribution in [3.63, 3.8) is 0 Å². The van der Waals surface area contributed by atoms with Gasteiger partial charge in [0.25, 0.3) is 0 Å². The molecule has 1 atom stereocenters. The summed E-state index contributed by atoms with van der Waals surface area (Å²) in [4.78, 5) is 10.9. The molecule has 0 aromatic rings. The van der Waals surface area contributed by atoms with E-state index in [4.69, 9.17) is 5.11 Å². The Morgan fingerprint density at radius 1 is 1.05 bits per heavy atom. The number of aliphatic carboxylic acids is 1. The predicted octanol–water partition coefficient (Wildman–Crippen LogP) is 3.44. The molecule has 2 aliphatic carbocycles. The van der Waals surface area contributed by atoms with E-state index in [0.29, 0.717) is 17.9 Å². The molecule has 19 heavy (non-hydrogen) atoms. The van der Waals surface area contributed by atoms with Gasteiger partial charge in [0.05, 0.1) is 6.54 Å². The fraction of sp³-hybridized carbons (Fsp3) is 0.938. The van der Waals surface area contributed by atoms with Gasteiger partial charge in [0.2, 0.25) is 0 Å². The minimum absolute atomic E-state index is 0.132. The second-order valence-corrected chi connectivity index (χ2v) is 6.72. The molecule has 3 nitrogen and oxygen atoms in total. The van der Waals surface area contributed by atoms with Crippen molar-refractivity contribution in [3.8, 4) is 0 Å². The van der Waals surface area contributed by atoms with Crippen LogP contribution in [0.15, 0.2) is 0 Å². The Balaban J connectivity index is 1.93. The Morgan fingerprint density at radius 3 is 2.21 bits per heavy atom. The molecule has 2 aliphatic rings. The van der Waals surface area contributed by atoms with Gasteiger partial charge in [0.1, 0.15) is 0 Å².